The first-order valence-corrected chi connectivity index (χ1v) is 11.5. The number of amides is 1. The van der Waals surface area contributed by atoms with Gasteiger partial charge in [-0.2, -0.15) is 0 Å². The van der Waals surface area contributed by atoms with Gasteiger partial charge in [0.25, 0.3) is 15.9 Å². The minimum absolute atomic E-state index is 0.0377. The van der Waals surface area contributed by atoms with Crippen molar-refractivity contribution in [3.63, 3.8) is 0 Å². The van der Waals surface area contributed by atoms with Gasteiger partial charge in [0.15, 0.2) is 6.61 Å². The van der Waals surface area contributed by atoms with E-state index < -0.39 is 21.7 Å². The summed E-state index contributed by atoms with van der Waals surface area (Å²) < 4.78 is 47.5. The Hall–Kier alpha value is -2.91. The molecule has 0 aliphatic rings. The summed E-state index contributed by atoms with van der Waals surface area (Å²) in [6.45, 7) is 3.42. The van der Waals surface area contributed by atoms with Gasteiger partial charge in [-0.3, -0.25) is 9.52 Å². The number of aryl methyl sites for hydroxylation is 2. The molecule has 0 aliphatic carbocycles. The van der Waals surface area contributed by atoms with E-state index in [4.69, 9.17) is 4.74 Å². The number of halogens is 2. The van der Waals surface area contributed by atoms with E-state index in [-0.39, 0.29) is 17.2 Å². The Morgan fingerprint density at radius 2 is 1.65 bits per heavy atom. The molecule has 2 N–H and O–H groups in total. The second-order valence-electron chi connectivity index (χ2n) is 6.91. The van der Waals surface area contributed by atoms with Gasteiger partial charge >= 0.3 is 0 Å². The number of anilines is 2. The predicted molar refractivity (Wildman–Crippen MR) is 121 cm³/mol. The second kappa shape index (κ2) is 9.49. The van der Waals surface area contributed by atoms with Gasteiger partial charge in [-0.05, 0) is 79.6 Å². The van der Waals surface area contributed by atoms with Crippen molar-refractivity contribution in [2.45, 2.75) is 18.7 Å². The topological polar surface area (TPSA) is 84.5 Å². The van der Waals surface area contributed by atoms with Crippen molar-refractivity contribution >= 4 is 43.2 Å². The van der Waals surface area contributed by atoms with E-state index in [0.717, 1.165) is 11.1 Å². The smallest absolute Gasteiger partial charge is 0.262 e. The molecule has 0 fully saturated rings. The van der Waals surface area contributed by atoms with Gasteiger partial charge in [0.05, 0.1) is 10.6 Å². The van der Waals surface area contributed by atoms with Crippen LogP contribution in [0.25, 0.3) is 0 Å². The van der Waals surface area contributed by atoms with Crippen LogP contribution < -0.4 is 14.8 Å². The number of ether oxygens (including phenoxy) is 1. The summed E-state index contributed by atoms with van der Waals surface area (Å²) in [5, 5.41) is 2.41. The summed E-state index contributed by atoms with van der Waals surface area (Å²) in [5.74, 6) is -0.820. The molecule has 3 aromatic carbocycles. The van der Waals surface area contributed by atoms with E-state index >= 15 is 0 Å². The molecular formula is C22H20BrFN2O4S. The van der Waals surface area contributed by atoms with Crippen molar-refractivity contribution in [3.05, 3.63) is 82.1 Å². The van der Waals surface area contributed by atoms with Crippen molar-refractivity contribution in [3.8, 4) is 5.75 Å². The van der Waals surface area contributed by atoms with Gasteiger partial charge in [-0.25, -0.2) is 12.8 Å². The minimum atomic E-state index is -3.77. The van der Waals surface area contributed by atoms with Gasteiger partial charge in [-0.1, -0.05) is 22.0 Å². The normalized spacial score (nSPS) is 11.1. The predicted octanol–water partition coefficient (Wildman–Crippen LogP) is 5.02. The lowest BCUT2D eigenvalue weighted by atomic mass is 10.1. The molecule has 9 heteroatoms. The number of hydrogen-bond acceptors (Lipinski definition) is 4. The number of benzene rings is 3. The van der Waals surface area contributed by atoms with Crippen molar-refractivity contribution < 1.29 is 22.3 Å². The van der Waals surface area contributed by atoms with E-state index in [0.29, 0.717) is 15.9 Å². The summed E-state index contributed by atoms with van der Waals surface area (Å²) in [7, 11) is -3.77. The van der Waals surface area contributed by atoms with Crippen LogP contribution in [-0.4, -0.2) is 20.9 Å². The fourth-order valence-corrected chi connectivity index (χ4v) is 4.26. The van der Waals surface area contributed by atoms with Crippen LogP contribution in [-0.2, 0) is 14.8 Å². The van der Waals surface area contributed by atoms with E-state index in [1.165, 1.54) is 36.4 Å². The average molecular weight is 507 g/mol. The molecule has 0 heterocycles. The van der Waals surface area contributed by atoms with Crippen LogP contribution >= 0.6 is 15.9 Å². The van der Waals surface area contributed by atoms with Gasteiger partial charge in [0, 0.05) is 10.2 Å². The molecular weight excluding hydrogens is 487 g/mol. The lowest BCUT2D eigenvalue weighted by Gasteiger charge is -2.11. The second-order valence-corrected chi connectivity index (χ2v) is 9.51. The van der Waals surface area contributed by atoms with E-state index in [9.17, 15) is 17.6 Å². The molecule has 0 saturated carbocycles. The van der Waals surface area contributed by atoms with Gasteiger partial charge in [-0.15, -0.1) is 0 Å². The van der Waals surface area contributed by atoms with E-state index in [2.05, 4.69) is 26.0 Å². The number of carbonyl (C=O) groups is 1. The highest BCUT2D eigenvalue weighted by molar-refractivity contribution is 9.10. The maximum Gasteiger partial charge on any atom is 0.262 e. The number of hydrogen-bond donors (Lipinski definition) is 2. The lowest BCUT2D eigenvalue weighted by molar-refractivity contribution is -0.118. The van der Waals surface area contributed by atoms with Crippen molar-refractivity contribution in [2.24, 2.45) is 0 Å². The van der Waals surface area contributed by atoms with Crippen molar-refractivity contribution in [1.29, 1.82) is 0 Å². The van der Waals surface area contributed by atoms with Crippen molar-refractivity contribution in [1.82, 2.24) is 0 Å². The fraction of sp³-hybridized carbons (Fsp3) is 0.136. The molecule has 0 unspecified atom stereocenters. The molecule has 0 atom stereocenters. The highest BCUT2D eigenvalue weighted by Crippen LogP contribution is 2.22. The minimum Gasteiger partial charge on any atom is -0.484 e. The Morgan fingerprint density at radius 1 is 1.00 bits per heavy atom. The zero-order valence-corrected chi connectivity index (χ0v) is 19.2. The van der Waals surface area contributed by atoms with Gasteiger partial charge < -0.3 is 10.1 Å². The molecule has 3 aromatic rings. The lowest BCUT2D eigenvalue weighted by Crippen LogP contribution is -2.20. The third kappa shape index (κ3) is 6.28. The maximum absolute atomic E-state index is 13.8. The molecule has 0 spiro atoms. The molecule has 0 radical (unpaired) electrons. The summed E-state index contributed by atoms with van der Waals surface area (Å²) in [5.41, 5.74) is 2.41. The van der Waals surface area contributed by atoms with Crippen LogP contribution in [0, 0.1) is 19.7 Å². The number of sulfonamides is 1. The van der Waals surface area contributed by atoms with Gasteiger partial charge in [0.2, 0.25) is 0 Å². The third-order valence-electron chi connectivity index (χ3n) is 4.18. The molecule has 6 nitrogen and oxygen atoms in total. The first-order chi connectivity index (χ1) is 14.6. The number of nitrogens with one attached hydrogen (secondary N) is 2. The van der Waals surface area contributed by atoms with Crippen LogP contribution in [0.5, 0.6) is 5.75 Å². The largest absolute Gasteiger partial charge is 0.484 e. The molecule has 3 rings (SSSR count). The molecule has 1 amide bonds. The summed E-state index contributed by atoms with van der Waals surface area (Å²) in [4.78, 5) is 12.0. The fourth-order valence-electron chi connectivity index (χ4n) is 2.89. The SMILES string of the molecule is Cc1cc(C)cc(NS(=O)(=O)c2ccc(OCC(=O)Nc3ccc(Br)cc3F)cc2)c1. The van der Waals surface area contributed by atoms with E-state index in [1.54, 1.807) is 18.2 Å². The molecule has 0 aromatic heterocycles. The molecule has 0 saturated heterocycles. The highest BCUT2D eigenvalue weighted by Gasteiger charge is 2.15. The summed E-state index contributed by atoms with van der Waals surface area (Å²) >= 11 is 3.14. The first kappa shape index (κ1) is 22.8. The van der Waals surface area contributed by atoms with Gasteiger partial charge in [0.1, 0.15) is 11.6 Å². The maximum atomic E-state index is 13.8. The third-order valence-corrected chi connectivity index (χ3v) is 6.07. The Balaban J connectivity index is 1.61. The Kier molecular flexibility index (Phi) is 6.97. The highest BCUT2D eigenvalue weighted by atomic mass is 79.9. The van der Waals surface area contributed by atoms with E-state index in [1.807, 2.05) is 19.9 Å². The Bertz CT molecular complexity index is 1190. The zero-order valence-electron chi connectivity index (χ0n) is 16.8. The summed E-state index contributed by atoms with van der Waals surface area (Å²) in [6.07, 6.45) is 0. The monoisotopic (exact) mass is 506 g/mol. The van der Waals surface area contributed by atoms with Crippen molar-refractivity contribution in [2.75, 3.05) is 16.6 Å². The van der Waals surface area contributed by atoms with Crippen LogP contribution in [0.4, 0.5) is 15.8 Å². The van der Waals surface area contributed by atoms with Crippen LogP contribution in [0.3, 0.4) is 0 Å². The Morgan fingerprint density at radius 3 is 2.26 bits per heavy atom. The quantitative estimate of drug-likeness (QED) is 0.470. The molecule has 31 heavy (non-hydrogen) atoms. The molecule has 162 valence electrons. The standard InChI is InChI=1S/C22H20BrFN2O4S/c1-14-9-15(2)11-17(10-14)26-31(28,29)19-6-4-18(5-7-19)30-13-22(27)25-21-8-3-16(23)12-20(21)24/h3-12,26H,13H2,1-2H3,(H,25,27). The summed E-state index contributed by atoms with van der Waals surface area (Å²) in [6, 6.07) is 15.4. The Labute approximate surface area is 188 Å². The first-order valence-electron chi connectivity index (χ1n) is 9.21. The molecule has 0 bridgehead atoms. The average Bonchev–Trinajstić information content (AvgIpc) is 2.68. The van der Waals surface area contributed by atoms with Crippen LogP contribution in [0.1, 0.15) is 11.1 Å². The number of rotatable bonds is 7. The van der Waals surface area contributed by atoms with Crippen LogP contribution in [0.15, 0.2) is 70.0 Å². The zero-order chi connectivity index (χ0) is 22.6. The van der Waals surface area contributed by atoms with Crippen LogP contribution in [0.2, 0.25) is 0 Å². The molecule has 0 aliphatic heterocycles. The number of carbonyl (C=O) groups excluding carboxylic acids is 1.